The second kappa shape index (κ2) is 9.25. The fourth-order valence-electron chi connectivity index (χ4n) is 2.63. The van der Waals surface area contributed by atoms with Gasteiger partial charge in [0.15, 0.2) is 0 Å². The SMILES string of the molecule is CCOCCNC(=O)N1CCN(c2ccccc2OCC)CC1. The Balaban J connectivity index is 1.83. The van der Waals surface area contributed by atoms with E-state index in [1.807, 2.05) is 36.9 Å². The highest BCUT2D eigenvalue weighted by Gasteiger charge is 2.22. The Bertz CT molecular complexity index is 488. The van der Waals surface area contributed by atoms with Crippen LogP contribution in [0.25, 0.3) is 0 Å². The first kappa shape index (κ1) is 17.4. The number of hydrogen-bond acceptors (Lipinski definition) is 4. The van der Waals surface area contributed by atoms with Crippen molar-refractivity contribution in [1.29, 1.82) is 0 Å². The second-order valence-electron chi connectivity index (χ2n) is 5.30. The molecule has 6 nitrogen and oxygen atoms in total. The monoisotopic (exact) mass is 321 g/mol. The van der Waals surface area contributed by atoms with Crippen molar-refractivity contribution in [3.05, 3.63) is 24.3 Å². The minimum atomic E-state index is -0.0116. The van der Waals surface area contributed by atoms with E-state index < -0.39 is 0 Å². The van der Waals surface area contributed by atoms with Crippen LogP contribution in [0.5, 0.6) is 5.75 Å². The van der Waals surface area contributed by atoms with Crippen molar-refractivity contribution in [2.24, 2.45) is 0 Å². The number of para-hydroxylation sites is 2. The van der Waals surface area contributed by atoms with Gasteiger partial charge in [0.1, 0.15) is 5.75 Å². The van der Waals surface area contributed by atoms with Gasteiger partial charge < -0.3 is 24.6 Å². The first-order valence-corrected chi connectivity index (χ1v) is 8.33. The van der Waals surface area contributed by atoms with Crippen LogP contribution in [0.1, 0.15) is 13.8 Å². The zero-order chi connectivity index (χ0) is 16.5. The lowest BCUT2D eigenvalue weighted by molar-refractivity contribution is 0.145. The van der Waals surface area contributed by atoms with E-state index >= 15 is 0 Å². The summed E-state index contributed by atoms with van der Waals surface area (Å²) in [6.07, 6.45) is 0. The van der Waals surface area contributed by atoms with E-state index in [1.165, 1.54) is 0 Å². The highest BCUT2D eigenvalue weighted by molar-refractivity contribution is 5.74. The predicted molar refractivity (Wildman–Crippen MR) is 91.3 cm³/mol. The van der Waals surface area contributed by atoms with Crippen LogP contribution in [0.2, 0.25) is 0 Å². The summed E-state index contributed by atoms with van der Waals surface area (Å²) < 4.78 is 10.9. The molecule has 0 aliphatic carbocycles. The van der Waals surface area contributed by atoms with Crippen molar-refractivity contribution in [3.63, 3.8) is 0 Å². The Hall–Kier alpha value is -1.95. The van der Waals surface area contributed by atoms with Crippen LogP contribution >= 0.6 is 0 Å². The van der Waals surface area contributed by atoms with Gasteiger partial charge in [-0.2, -0.15) is 0 Å². The largest absolute Gasteiger partial charge is 0.492 e. The molecule has 1 aromatic carbocycles. The summed E-state index contributed by atoms with van der Waals surface area (Å²) in [5, 5.41) is 2.89. The topological polar surface area (TPSA) is 54.0 Å². The molecule has 0 bridgehead atoms. The Morgan fingerprint density at radius 2 is 1.87 bits per heavy atom. The Kier molecular flexibility index (Phi) is 7.00. The van der Waals surface area contributed by atoms with Crippen LogP contribution in [-0.4, -0.2) is 63.5 Å². The number of hydrogen-bond donors (Lipinski definition) is 1. The van der Waals surface area contributed by atoms with Gasteiger partial charge in [-0.15, -0.1) is 0 Å². The van der Waals surface area contributed by atoms with Crippen molar-refractivity contribution < 1.29 is 14.3 Å². The van der Waals surface area contributed by atoms with Crippen molar-refractivity contribution in [1.82, 2.24) is 10.2 Å². The maximum atomic E-state index is 12.1. The van der Waals surface area contributed by atoms with Crippen LogP contribution in [0.15, 0.2) is 24.3 Å². The molecule has 1 aliphatic rings. The lowest BCUT2D eigenvalue weighted by atomic mass is 10.2. The predicted octanol–water partition coefficient (Wildman–Crippen LogP) is 1.95. The van der Waals surface area contributed by atoms with Crippen LogP contribution in [0, 0.1) is 0 Å². The number of ether oxygens (including phenoxy) is 2. The molecule has 1 saturated heterocycles. The van der Waals surface area contributed by atoms with Crippen molar-refractivity contribution >= 4 is 11.7 Å². The van der Waals surface area contributed by atoms with Gasteiger partial charge in [-0.3, -0.25) is 0 Å². The van der Waals surface area contributed by atoms with Gasteiger partial charge in [0.2, 0.25) is 0 Å². The summed E-state index contributed by atoms with van der Waals surface area (Å²) in [5.41, 5.74) is 1.10. The van der Waals surface area contributed by atoms with Crippen LogP contribution < -0.4 is 15.0 Å². The fraction of sp³-hybridized carbons (Fsp3) is 0.588. The van der Waals surface area contributed by atoms with E-state index in [-0.39, 0.29) is 6.03 Å². The van der Waals surface area contributed by atoms with Crippen LogP contribution in [0.3, 0.4) is 0 Å². The van der Waals surface area contributed by atoms with E-state index in [2.05, 4.69) is 16.3 Å². The first-order valence-electron chi connectivity index (χ1n) is 8.33. The van der Waals surface area contributed by atoms with Crippen molar-refractivity contribution in [3.8, 4) is 5.75 Å². The standard InChI is InChI=1S/C17H27N3O3/c1-3-22-14-9-18-17(21)20-12-10-19(11-13-20)15-7-5-6-8-16(15)23-4-2/h5-8H,3-4,9-14H2,1-2H3,(H,18,21). The molecule has 1 fully saturated rings. The maximum absolute atomic E-state index is 12.1. The van der Waals surface area contributed by atoms with Crippen LogP contribution in [-0.2, 0) is 4.74 Å². The molecule has 0 atom stereocenters. The van der Waals surface area contributed by atoms with Crippen LogP contribution in [0.4, 0.5) is 10.5 Å². The molecule has 0 radical (unpaired) electrons. The number of benzene rings is 1. The van der Waals surface area contributed by atoms with Gasteiger partial charge in [-0.1, -0.05) is 12.1 Å². The molecular formula is C17H27N3O3. The normalized spacial score (nSPS) is 14.7. The smallest absolute Gasteiger partial charge is 0.317 e. The summed E-state index contributed by atoms with van der Waals surface area (Å²) in [6.45, 7) is 9.41. The second-order valence-corrected chi connectivity index (χ2v) is 5.30. The lowest BCUT2D eigenvalue weighted by Gasteiger charge is -2.36. The van der Waals surface area contributed by atoms with E-state index in [0.29, 0.717) is 39.5 Å². The summed E-state index contributed by atoms with van der Waals surface area (Å²) >= 11 is 0. The molecule has 0 saturated carbocycles. The molecule has 23 heavy (non-hydrogen) atoms. The molecule has 2 rings (SSSR count). The molecule has 0 aromatic heterocycles. The van der Waals surface area contributed by atoms with E-state index in [1.54, 1.807) is 0 Å². The lowest BCUT2D eigenvalue weighted by Crippen LogP contribution is -2.52. The van der Waals surface area contributed by atoms with Gasteiger partial charge in [0, 0.05) is 39.3 Å². The third-order valence-corrected chi connectivity index (χ3v) is 3.80. The highest BCUT2D eigenvalue weighted by atomic mass is 16.5. The number of anilines is 1. The van der Waals surface area contributed by atoms with Crippen molar-refractivity contribution in [2.75, 3.05) is 57.4 Å². The molecule has 1 aliphatic heterocycles. The molecule has 1 N–H and O–H groups in total. The number of nitrogens with zero attached hydrogens (tertiary/aromatic N) is 2. The van der Waals surface area contributed by atoms with E-state index in [9.17, 15) is 4.79 Å². The highest BCUT2D eigenvalue weighted by Crippen LogP contribution is 2.28. The van der Waals surface area contributed by atoms with Crippen molar-refractivity contribution in [2.45, 2.75) is 13.8 Å². The Morgan fingerprint density at radius 1 is 1.13 bits per heavy atom. The number of piperazine rings is 1. The molecule has 1 aromatic rings. The summed E-state index contributed by atoms with van der Waals surface area (Å²) in [4.78, 5) is 16.2. The maximum Gasteiger partial charge on any atom is 0.317 e. The summed E-state index contributed by atoms with van der Waals surface area (Å²) in [6, 6.07) is 8.05. The number of amides is 2. The average molecular weight is 321 g/mol. The molecule has 2 amide bonds. The molecule has 0 spiro atoms. The minimum Gasteiger partial charge on any atom is -0.492 e. The van der Waals surface area contributed by atoms with Gasteiger partial charge >= 0.3 is 6.03 Å². The molecule has 6 heteroatoms. The Labute approximate surface area is 138 Å². The molecule has 128 valence electrons. The van der Waals surface area contributed by atoms with Gasteiger partial charge in [-0.25, -0.2) is 4.79 Å². The molecular weight excluding hydrogens is 294 g/mol. The minimum absolute atomic E-state index is 0.0116. The fourth-order valence-corrected chi connectivity index (χ4v) is 2.63. The third kappa shape index (κ3) is 5.03. The summed E-state index contributed by atoms with van der Waals surface area (Å²) in [5.74, 6) is 0.907. The number of carbonyl (C=O) groups is 1. The van der Waals surface area contributed by atoms with Gasteiger partial charge in [0.05, 0.1) is 18.9 Å². The average Bonchev–Trinajstić information content (AvgIpc) is 2.59. The number of nitrogens with one attached hydrogen (secondary N) is 1. The zero-order valence-corrected chi connectivity index (χ0v) is 14.1. The Morgan fingerprint density at radius 3 is 2.57 bits per heavy atom. The third-order valence-electron chi connectivity index (χ3n) is 3.80. The van der Waals surface area contributed by atoms with E-state index in [4.69, 9.17) is 9.47 Å². The van der Waals surface area contributed by atoms with E-state index in [0.717, 1.165) is 24.5 Å². The number of carbonyl (C=O) groups excluding carboxylic acids is 1. The quantitative estimate of drug-likeness (QED) is 0.780. The van der Waals surface area contributed by atoms with Gasteiger partial charge in [0.25, 0.3) is 0 Å². The number of rotatable bonds is 7. The number of urea groups is 1. The molecule has 1 heterocycles. The zero-order valence-electron chi connectivity index (χ0n) is 14.1. The van der Waals surface area contributed by atoms with Gasteiger partial charge in [-0.05, 0) is 26.0 Å². The molecule has 0 unspecified atom stereocenters. The first-order chi connectivity index (χ1) is 11.3. The summed E-state index contributed by atoms with van der Waals surface area (Å²) in [7, 11) is 0.